The molecular weight excluding hydrogens is 366 g/mol. The number of benzene rings is 2. The Bertz CT molecular complexity index is 1160. The number of sulfonamides is 1. The second-order valence-electron chi connectivity index (χ2n) is 5.47. The fraction of sp³-hybridized carbons (Fsp3) is 0.125. The Kier molecular flexibility index (Phi) is 4.18. The molecule has 130 valence electrons. The maximum atomic E-state index is 12.5. The summed E-state index contributed by atoms with van der Waals surface area (Å²) in [5.74, 6) is -0.826. The Morgan fingerprint density at radius 3 is 2.36 bits per heavy atom. The standard InChI is InChI=1S/C16H14ClN3O4S/c1-19-13-8-7-10(9-14(13)20(2)16(19)22)25(23,24)18-15(21)11-5-3-4-6-12(11)17/h3-9H,1-2H3,(H,18,21). The van der Waals surface area contributed by atoms with E-state index in [1.54, 1.807) is 26.2 Å². The normalized spacial score (nSPS) is 11.6. The first-order valence-electron chi connectivity index (χ1n) is 7.19. The molecule has 3 aromatic rings. The van der Waals surface area contributed by atoms with Gasteiger partial charge in [-0.15, -0.1) is 0 Å². The maximum Gasteiger partial charge on any atom is 0.328 e. The fourth-order valence-electron chi connectivity index (χ4n) is 2.54. The number of imidazole rings is 1. The summed E-state index contributed by atoms with van der Waals surface area (Å²) in [7, 11) is -0.979. The Hall–Kier alpha value is -2.58. The van der Waals surface area contributed by atoms with Gasteiger partial charge in [0, 0.05) is 14.1 Å². The van der Waals surface area contributed by atoms with Crippen LogP contribution in [0, 0.1) is 0 Å². The molecule has 0 radical (unpaired) electrons. The average Bonchev–Trinajstić information content (AvgIpc) is 2.79. The van der Waals surface area contributed by atoms with Crippen molar-refractivity contribution in [2.45, 2.75) is 4.90 Å². The van der Waals surface area contributed by atoms with Gasteiger partial charge in [-0.3, -0.25) is 13.9 Å². The van der Waals surface area contributed by atoms with E-state index in [4.69, 9.17) is 11.6 Å². The number of amides is 1. The first-order valence-corrected chi connectivity index (χ1v) is 9.05. The molecule has 0 atom stereocenters. The summed E-state index contributed by atoms with van der Waals surface area (Å²) in [5.41, 5.74) is 0.815. The maximum absolute atomic E-state index is 12.5. The number of nitrogens with zero attached hydrogens (tertiary/aromatic N) is 2. The van der Waals surface area contributed by atoms with Gasteiger partial charge in [-0.05, 0) is 30.3 Å². The van der Waals surface area contributed by atoms with Gasteiger partial charge in [-0.2, -0.15) is 0 Å². The van der Waals surface area contributed by atoms with E-state index in [-0.39, 0.29) is 21.2 Å². The van der Waals surface area contributed by atoms with Crippen LogP contribution in [0.2, 0.25) is 5.02 Å². The van der Waals surface area contributed by atoms with E-state index in [1.165, 1.54) is 39.5 Å². The second-order valence-corrected chi connectivity index (χ2v) is 7.56. The van der Waals surface area contributed by atoms with Crippen molar-refractivity contribution in [3.05, 3.63) is 63.5 Å². The molecule has 1 heterocycles. The molecule has 0 bridgehead atoms. The third-order valence-corrected chi connectivity index (χ3v) is 5.56. The number of halogens is 1. The second kappa shape index (κ2) is 6.05. The topological polar surface area (TPSA) is 90.2 Å². The number of carbonyl (C=O) groups is 1. The van der Waals surface area contributed by atoms with Gasteiger partial charge in [0.25, 0.3) is 15.9 Å². The molecule has 0 aliphatic rings. The molecule has 9 heteroatoms. The molecule has 0 aliphatic heterocycles. The average molecular weight is 380 g/mol. The number of aryl methyl sites for hydroxylation is 2. The zero-order chi connectivity index (χ0) is 18.4. The Labute approximate surface area is 148 Å². The van der Waals surface area contributed by atoms with Crippen LogP contribution in [0.5, 0.6) is 0 Å². The number of hydrogen-bond donors (Lipinski definition) is 1. The highest BCUT2D eigenvalue weighted by Crippen LogP contribution is 2.19. The molecule has 2 aromatic carbocycles. The number of nitrogens with one attached hydrogen (secondary N) is 1. The molecule has 1 aromatic heterocycles. The lowest BCUT2D eigenvalue weighted by Gasteiger charge is -2.08. The van der Waals surface area contributed by atoms with Crippen LogP contribution in [0.1, 0.15) is 10.4 Å². The highest BCUT2D eigenvalue weighted by molar-refractivity contribution is 7.90. The van der Waals surface area contributed by atoms with Crippen LogP contribution >= 0.6 is 11.6 Å². The molecule has 3 rings (SSSR count). The number of fused-ring (bicyclic) bond motifs is 1. The number of hydrogen-bond acceptors (Lipinski definition) is 4. The summed E-state index contributed by atoms with van der Waals surface area (Å²) in [4.78, 5) is 24.0. The molecule has 1 N–H and O–H groups in total. The van der Waals surface area contributed by atoms with Gasteiger partial charge in [0.05, 0.1) is 26.5 Å². The lowest BCUT2D eigenvalue weighted by molar-refractivity contribution is 0.0981. The SMILES string of the molecule is Cn1c(=O)n(C)c2cc(S(=O)(=O)NC(=O)c3ccccc3Cl)ccc21. The van der Waals surface area contributed by atoms with Crippen molar-refractivity contribution in [3.63, 3.8) is 0 Å². The Morgan fingerprint density at radius 2 is 1.68 bits per heavy atom. The van der Waals surface area contributed by atoms with E-state index in [0.717, 1.165) is 0 Å². The molecule has 0 saturated heterocycles. The summed E-state index contributed by atoms with van der Waals surface area (Å²) in [6, 6.07) is 10.3. The van der Waals surface area contributed by atoms with Crippen LogP contribution in [-0.4, -0.2) is 23.5 Å². The molecule has 0 saturated carbocycles. The van der Waals surface area contributed by atoms with Crippen molar-refractivity contribution in [2.24, 2.45) is 14.1 Å². The van der Waals surface area contributed by atoms with Crippen LogP contribution in [0.4, 0.5) is 0 Å². The van der Waals surface area contributed by atoms with Gasteiger partial charge in [-0.25, -0.2) is 17.9 Å². The first kappa shape index (κ1) is 17.2. The van der Waals surface area contributed by atoms with Crippen LogP contribution < -0.4 is 10.4 Å². The number of rotatable bonds is 3. The molecule has 7 nitrogen and oxygen atoms in total. The van der Waals surface area contributed by atoms with Crippen molar-refractivity contribution in [2.75, 3.05) is 0 Å². The highest BCUT2D eigenvalue weighted by atomic mass is 35.5. The zero-order valence-electron chi connectivity index (χ0n) is 13.4. The van der Waals surface area contributed by atoms with E-state index in [1.807, 2.05) is 4.72 Å². The van der Waals surface area contributed by atoms with Crippen LogP contribution in [-0.2, 0) is 24.1 Å². The minimum Gasteiger partial charge on any atom is -0.295 e. The third kappa shape index (κ3) is 2.94. The Balaban J connectivity index is 2.02. The minimum absolute atomic E-state index is 0.0564. The van der Waals surface area contributed by atoms with Crippen LogP contribution in [0.15, 0.2) is 52.2 Å². The molecular formula is C16H14ClN3O4S. The minimum atomic E-state index is -4.12. The predicted octanol–water partition coefficient (Wildman–Crippen LogP) is 1.65. The molecule has 0 unspecified atom stereocenters. The summed E-state index contributed by atoms with van der Waals surface area (Å²) in [5, 5.41) is 0.149. The van der Waals surface area contributed by atoms with Crippen molar-refractivity contribution < 1.29 is 13.2 Å². The van der Waals surface area contributed by atoms with Crippen molar-refractivity contribution in [3.8, 4) is 0 Å². The van der Waals surface area contributed by atoms with E-state index in [9.17, 15) is 18.0 Å². The summed E-state index contributed by atoms with van der Waals surface area (Å²) >= 11 is 5.92. The lowest BCUT2D eigenvalue weighted by Crippen LogP contribution is -2.30. The molecule has 0 aliphatic carbocycles. The van der Waals surface area contributed by atoms with Crippen LogP contribution in [0.3, 0.4) is 0 Å². The molecule has 1 amide bonds. The van der Waals surface area contributed by atoms with E-state index >= 15 is 0 Å². The van der Waals surface area contributed by atoms with Gasteiger partial charge in [-0.1, -0.05) is 23.7 Å². The van der Waals surface area contributed by atoms with E-state index in [0.29, 0.717) is 11.0 Å². The van der Waals surface area contributed by atoms with Gasteiger partial charge >= 0.3 is 5.69 Å². The predicted molar refractivity (Wildman–Crippen MR) is 94.3 cm³/mol. The fourth-order valence-corrected chi connectivity index (χ4v) is 3.74. The molecule has 0 spiro atoms. The van der Waals surface area contributed by atoms with Gasteiger partial charge in [0.2, 0.25) is 0 Å². The monoisotopic (exact) mass is 379 g/mol. The van der Waals surface area contributed by atoms with Gasteiger partial charge in [0.1, 0.15) is 0 Å². The largest absolute Gasteiger partial charge is 0.328 e. The number of carbonyl (C=O) groups excluding carboxylic acids is 1. The summed E-state index contributed by atoms with van der Waals surface area (Å²) in [6.45, 7) is 0. The first-order chi connectivity index (χ1) is 11.7. The summed E-state index contributed by atoms with van der Waals surface area (Å²) in [6.07, 6.45) is 0. The van der Waals surface area contributed by atoms with Gasteiger partial charge in [0.15, 0.2) is 0 Å². The smallest absolute Gasteiger partial charge is 0.295 e. The highest BCUT2D eigenvalue weighted by Gasteiger charge is 2.21. The summed E-state index contributed by atoms with van der Waals surface area (Å²) < 4.78 is 29.7. The third-order valence-electron chi connectivity index (χ3n) is 3.90. The van der Waals surface area contributed by atoms with Crippen molar-refractivity contribution in [1.82, 2.24) is 13.9 Å². The molecule has 0 fully saturated rings. The number of aromatic nitrogens is 2. The van der Waals surface area contributed by atoms with Gasteiger partial charge < -0.3 is 0 Å². The van der Waals surface area contributed by atoms with E-state index in [2.05, 4.69) is 0 Å². The zero-order valence-corrected chi connectivity index (χ0v) is 14.9. The molecule has 25 heavy (non-hydrogen) atoms. The van der Waals surface area contributed by atoms with Crippen molar-refractivity contribution >= 4 is 38.6 Å². The van der Waals surface area contributed by atoms with E-state index < -0.39 is 15.9 Å². The van der Waals surface area contributed by atoms with Crippen molar-refractivity contribution in [1.29, 1.82) is 0 Å². The Morgan fingerprint density at radius 1 is 1.04 bits per heavy atom. The van der Waals surface area contributed by atoms with Crippen LogP contribution in [0.25, 0.3) is 11.0 Å². The quantitative estimate of drug-likeness (QED) is 0.749. The lowest BCUT2D eigenvalue weighted by atomic mass is 10.2.